The fourth-order valence-electron chi connectivity index (χ4n) is 1.89. The fourth-order valence-corrected chi connectivity index (χ4v) is 2.83. The van der Waals surface area contributed by atoms with Gasteiger partial charge in [0.2, 0.25) is 11.8 Å². The molecule has 1 aromatic carbocycles. The molecule has 0 saturated carbocycles. The summed E-state index contributed by atoms with van der Waals surface area (Å²) in [6.45, 7) is 2.07. The Morgan fingerprint density at radius 2 is 2.18 bits per heavy atom. The van der Waals surface area contributed by atoms with E-state index in [1.54, 1.807) is 0 Å². The van der Waals surface area contributed by atoms with Gasteiger partial charge < -0.3 is 16.5 Å². The lowest BCUT2D eigenvalue weighted by Crippen LogP contribution is -2.28. The van der Waals surface area contributed by atoms with Crippen LogP contribution in [-0.4, -0.2) is 28.6 Å². The summed E-state index contributed by atoms with van der Waals surface area (Å²) in [5.74, 6) is 4.48. The van der Waals surface area contributed by atoms with Crippen molar-refractivity contribution in [1.29, 1.82) is 0 Å². The molecular formula is C14H17N5O2S. The highest BCUT2D eigenvalue weighted by Gasteiger charge is 2.31. The average molecular weight is 319 g/mol. The van der Waals surface area contributed by atoms with Gasteiger partial charge in [-0.05, 0) is 24.1 Å². The van der Waals surface area contributed by atoms with Crippen LogP contribution in [0.25, 0.3) is 0 Å². The number of hydrazone groups is 1. The summed E-state index contributed by atoms with van der Waals surface area (Å²) in [6, 6.07) is 7.62. The molecule has 1 fully saturated rings. The lowest BCUT2D eigenvalue weighted by Gasteiger charge is -2.08. The summed E-state index contributed by atoms with van der Waals surface area (Å²) in [4.78, 5) is 27.6. The van der Waals surface area contributed by atoms with E-state index in [1.165, 1.54) is 17.3 Å². The normalized spacial score (nSPS) is 19.6. The van der Waals surface area contributed by atoms with Crippen LogP contribution in [0.15, 0.2) is 34.4 Å². The molecule has 2 rings (SSSR count). The summed E-state index contributed by atoms with van der Waals surface area (Å²) in [5, 5.41) is 8.47. The van der Waals surface area contributed by atoms with Gasteiger partial charge in [-0.15, -0.1) is 0 Å². The first kappa shape index (κ1) is 16.0. The van der Waals surface area contributed by atoms with Crippen molar-refractivity contribution >= 4 is 40.8 Å². The summed E-state index contributed by atoms with van der Waals surface area (Å²) < 4.78 is 0. The quantitative estimate of drug-likeness (QED) is 0.326. The predicted molar refractivity (Wildman–Crippen MR) is 88.7 cm³/mol. The zero-order chi connectivity index (χ0) is 15.9. The van der Waals surface area contributed by atoms with Gasteiger partial charge in [0.25, 0.3) is 0 Å². The number of amidine groups is 1. The van der Waals surface area contributed by atoms with E-state index in [4.69, 9.17) is 5.84 Å². The molecule has 22 heavy (non-hydrogen) atoms. The summed E-state index contributed by atoms with van der Waals surface area (Å²) in [6.07, 6.45) is 2.16. The number of carbonyl (C=O) groups is 2. The molecule has 0 aliphatic carbocycles. The number of nitrogens with zero attached hydrogens (tertiary/aromatic N) is 2. The van der Waals surface area contributed by atoms with Crippen LogP contribution in [0.3, 0.4) is 0 Å². The van der Waals surface area contributed by atoms with Crippen LogP contribution in [-0.2, 0) is 16.0 Å². The van der Waals surface area contributed by atoms with Gasteiger partial charge in [0.15, 0.2) is 5.17 Å². The van der Waals surface area contributed by atoms with Gasteiger partial charge in [0.05, 0.1) is 0 Å². The zero-order valence-electron chi connectivity index (χ0n) is 12.1. The molecule has 8 heteroatoms. The average Bonchev–Trinajstić information content (AvgIpc) is 2.86. The molecule has 0 aromatic heterocycles. The van der Waals surface area contributed by atoms with Gasteiger partial charge in [-0.1, -0.05) is 30.8 Å². The summed E-state index contributed by atoms with van der Waals surface area (Å²) in [7, 11) is 0. The number of thioether (sulfide) groups is 1. The highest BCUT2D eigenvalue weighted by molar-refractivity contribution is 8.15. The molecule has 1 heterocycles. The molecule has 116 valence electrons. The first-order valence-corrected chi connectivity index (χ1v) is 7.66. The maximum Gasteiger partial charge on any atom is 0.240 e. The van der Waals surface area contributed by atoms with E-state index in [0.717, 1.165) is 18.4 Å². The molecule has 1 aromatic rings. The number of amides is 2. The van der Waals surface area contributed by atoms with Crippen molar-refractivity contribution in [3.05, 3.63) is 29.8 Å². The first-order valence-electron chi connectivity index (χ1n) is 6.78. The molecule has 1 aliphatic heterocycles. The number of benzene rings is 1. The topological polar surface area (TPSA) is 109 Å². The smallest absolute Gasteiger partial charge is 0.240 e. The Kier molecular flexibility index (Phi) is 5.54. The largest absolute Gasteiger partial charge is 0.326 e. The van der Waals surface area contributed by atoms with Crippen molar-refractivity contribution in [3.63, 3.8) is 0 Å². The summed E-state index contributed by atoms with van der Waals surface area (Å²) >= 11 is 1.19. The Morgan fingerprint density at radius 3 is 2.82 bits per heavy atom. The maximum atomic E-state index is 12.0. The number of hydrogen-bond acceptors (Lipinski definition) is 5. The van der Waals surface area contributed by atoms with Crippen LogP contribution < -0.4 is 16.5 Å². The Labute approximate surface area is 132 Å². The molecule has 1 unspecified atom stereocenters. The molecule has 0 spiro atoms. The highest BCUT2D eigenvalue weighted by atomic mass is 32.2. The second kappa shape index (κ2) is 7.60. The second-order valence-electron chi connectivity index (χ2n) is 4.60. The van der Waals surface area contributed by atoms with Crippen molar-refractivity contribution < 1.29 is 9.59 Å². The minimum absolute atomic E-state index is 0.0742. The molecular weight excluding hydrogens is 302 g/mol. The Hall–Kier alpha value is -2.35. The number of rotatable bonds is 5. The van der Waals surface area contributed by atoms with E-state index in [-0.39, 0.29) is 18.2 Å². The lowest BCUT2D eigenvalue weighted by molar-refractivity contribution is -0.122. The molecule has 0 radical (unpaired) electrons. The number of aryl methyl sites for hydroxylation is 1. The van der Waals surface area contributed by atoms with Gasteiger partial charge in [0, 0.05) is 12.1 Å². The molecule has 1 atom stereocenters. The Bertz CT molecular complexity index is 612. The predicted octanol–water partition coefficient (Wildman–Crippen LogP) is 1.07. The van der Waals surface area contributed by atoms with Crippen molar-refractivity contribution in [1.82, 2.24) is 5.32 Å². The molecule has 1 aliphatic rings. The van der Waals surface area contributed by atoms with Crippen LogP contribution in [0.5, 0.6) is 0 Å². The number of aliphatic imine (C=N–C) groups is 1. The SMILES string of the molecule is CCc1ccc(NC(=O)CC2SC(=N/C=N/N)NC2=O)cc1. The zero-order valence-corrected chi connectivity index (χ0v) is 12.9. The van der Waals surface area contributed by atoms with Crippen molar-refractivity contribution in [2.75, 3.05) is 5.32 Å². The third-order valence-corrected chi connectivity index (χ3v) is 4.13. The van der Waals surface area contributed by atoms with Gasteiger partial charge in [0.1, 0.15) is 11.6 Å². The minimum atomic E-state index is -0.500. The number of nitrogens with one attached hydrogen (secondary N) is 2. The molecule has 2 amide bonds. The molecule has 1 saturated heterocycles. The minimum Gasteiger partial charge on any atom is -0.326 e. The fraction of sp³-hybridized carbons (Fsp3) is 0.286. The molecule has 0 bridgehead atoms. The van der Waals surface area contributed by atoms with Crippen LogP contribution in [0, 0.1) is 0 Å². The van der Waals surface area contributed by atoms with Gasteiger partial charge in [-0.2, -0.15) is 5.10 Å². The Balaban J connectivity index is 1.90. The molecule has 7 nitrogen and oxygen atoms in total. The van der Waals surface area contributed by atoms with Crippen LogP contribution in [0.4, 0.5) is 5.69 Å². The van der Waals surface area contributed by atoms with E-state index in [2.05, 4.69) is 27.7 Å². The van der Waals surface area contributed by atoms with E-state index in [9.17, 15) is 9.59 Å². The third-order valence-electron chi connectivity index (χ3n) is 3.03. The first-order chi connectivity index (χ1) is 10.6. The van der Waals surface area contributed by atoms with Gasteiger partial charge >= 0.3 is 0 Å². The lowest BCUT2D eigenvalue weighted by atomic mass is 10.1. The second-order valence-corrected chi connectivity index (χ2v) is 5.79. The van der Waals surface area contributed by atoms with Crippen LogP contribution in [0.1, 0.15) is 18.9 Å². The number of nitrogens with two attached hydrogens (primary N) is 1. The van der Waals surface area contributed by atoms with Gasteiger partial charge in [-0.25, -0.2) is 4.99 Å². The van der Waals surface area contributed by atoms with E-state index >= 15 is 0 Å². The molecule has 4 N–H and O–H groups in total. The van der Waals surface area contributed by atoms with Crippen molar-refractivity contribution in [3.8, 4) is 0 Å². The van der Waals surface area contributed by atoms with E-state index < -0.39 is 5.25 Å². The number of hydrogen-bond donors (Lipinski definition) is 3. The van der Waals surface area contributed by atoms with Crippen LogP contribution >= 0.6 is 11.8 Å². The van der Waals surface area contributed by atoms with Crippen molar-refractivity contribution in [2.24, 2.45) is 15.9 Å². The van der Waals surface area contributed by atoms with E-state index in [0.29, 0.717) is 5.17 Å². The monoisotopic (exact) mass is 319 g/mol. The third kappa shape index (κ3) is 4.32. The van der Waals surface area contributed by atoms with Gasteiger partial charge in [-0.3, -0.25) is 9.59 Å². The standard InChI is InChI=1S/C14H17N5O2S/c1-2-9-3-5-10(6-4-9)18-12(20)7-11-13(21)19-14(22-11)16-8-17-15/h3-6,8,11H,2,7,15H2,1H3,(H,18,20)(H,16,17,19,21). The number of anilines is 1. The van der Waals surface area contributed by atoms with E-state index in [1.807, 2.05) is 24.3 Å². The maximum absolute atomic E-state index is 12.0. The van der Waals surface area contributed by atoms with Crippen molar-refractivity contribution in [2.45, 2.75) is 25.0 Å². The number of carbonyl (C=O) groups excluding carboxylic acids is 2. The Morgan fingerprint density at radius 1 is 1.45 bits per heavy atom. The van der Waals surface area contributed by atoms with Crippen LogP contribution in [0.2, 0.25) is 0 Å². The summed E-state index contributed by atoms with van der Waals surface area (Å²) in [5.41, 5.74) is 1.92. The highest BCUT2D eigenvalue weighted by Crippen LogP contribution is 2.22.